The molecule has 3 aliphatic rings. The molecule has 7 heteroatoms. The standard InChI is InChI=1S/C19H21ClF2N2O2/c20-12-5-6-13(21)15(16(12)22)17(10-3-1-2-4-10)23-18(26)11-7-19(8-11)9-14(25)24-19/h5-6,10-11,17H,1-4,7-9H2,(H,23,26)(H,24,25). The number of hydrogen-bond acceptors (Lipinski definition) is 2. The van der Waals surface area contributed by atoms with Crippen LogP contribution in [-0.2, 0) is 9.59 Å². The van der Waals surface area contributed by atoms with Gasteiger partial charge in [0.2, 0.25) is 11.8 Å². The predicted molar refractivity (Wildman–Crippen MR) is 92.4 cm³/mol. The molecule has 4 nitrogen and oxygen atoms in total. The van der Waals surface area contributed by atoms with Crippen LogP contribution >= 0.6 is 11.6 Å². The second kappa shape index (κ2) is 6.48. The molecule has 2 N–H and O–H groups in total. The minimum atomic E-state index is -0.791. The summed E-state index contributed by atoms with van der Waals surface area (Å²) in [4.78, 5) is 23.8. The third kappa shape index (κ3) is 2.98. The van der Waals surface area contributed by atoms with Crippen LogP contribution in [0.25, 0.3) is 0 Å². The molecule has 4 rings (SSSR count). The lowest BCUT2D eigenvalue weighted by Crippen LogP contribution is -2.69. The number of halogens is 3. The van der Waals surface area contributed by atoms with E-state index in [0.717, 1.165) is 31.7 Å². The number of benzene rings is 1. The molecule has 0 bridgehead atoms. The van der Waals surface area contributed by atoms with Gasteiger partial charge in [0, 0.05) is 17.9 Å². The summed E-state index contributed by atoms with van der Waals surface area (Å²) in [5.41, 5.74) is -0.363. The van der Waals surface area contributed by atoms with Gasteiger partial charge >= 0.3 is 0 Å². The Morgan fingerprint density at radius 1 is 1.27 bits per heavy atom. The predicted octanol–water partition coefficient (Wildman–Crippen LogP) is 3.63. The summed E-state index contributed by atoms with van der Waals surface area (Å²) in [6.45, 7) is 0. The topological polar surface area (TPSA) is 58.2 Å². The molecule has 1 unspecified atom stereocenters. The Balaban J connectivity index is 1.52. The Morgan fingerprint density at radius 2 is 1.92 bits per heavy atom. The van der Waals surface area contributed by atoms with E-state index in [9.17, 15) is 18.4 Å². The molecule has 1 aliphatic heterocycles. The first-order chi connectivity index (χ1) is 12.4. The number of hydrogen-bond donors (Lipinski definition) is 2. The summed E-state index contributed by atoms with van der Waals surface area (Å²) in [5.74, 6) is -1.90. The third-order valence-corrected chi connectivity index (χ3v) is 6.40. The smallest absolute Gasteiger partial charge is 0.223 e. The molecule has 1 atom stereocenters. The van der Waals surface area contributed by atoms with E-state index in [1.165, 1.54) is 6.07 Å². The first kappa shape index (κ1) is 17.7. The maximum absolute atomic E-state index is 14.6. The lowest BCUT2D eigenvalue weighted by Gasteiger charge is -2.53. The first-order valence-electron chi connectivity index (χ1n) is 9.13. The average Bonchev–Trinajstić information content (AvgIpc) is 3.06. The van der Waals surface area contributed by atoms with Crippen molar-refractivity contribution in [1.29, 1.82) is 0 Å². The second-order valence-electron chi connectivity index (χ2n) is 7.90. The summed E-state index contributed by atoms with van der Waals surface area (Å²) >= 11 is 5.86. The van der Waals surface area contributed by atoms with Gasteiger partial charge in [-0.2, -0.15) is 0 Å². The van der Waals surface area contributed by atoms with Crippen molar-refractivity contribution in [3.63, 3.8) is 0 Å². The molecule has 0 aromatic heterocycles. The Bertz CT molecular complexity index is 748. The Hall–Kier alpha value is -1.69. The zero-order valence-corrected chi connectivity index (χ0v) is 15.0. The van der Waals surface area contributed by atoms with E-state index < -0.39 is 17.7 Å². The number of carbonyl (C=O) groups excluding carboxylic acids is 2. The van der Waals surface area contributed by atoms with E-state index >= 15 is 0 Å². The van der Waals surface area contributed by atoms with Crippen molar-refractivity contribution in [3.05, 3.63) is 34.4 Å². The van der Waals surface area contributed by atoms with Gasteiger partial charge in [0.15, 0.2) is 0 Å². The van der Waals surface area contributed by atoms with Gasteiger partial charge in [-0.3, -0.25) is 9.59 Å². The summed E-state index contributed by atoms with van der Waals surface area (Å²) in [5, 5.41) is 5.60. The largest absolute Gasteiger partial charge is 0.350 e. The van der Waals surface area contributed by atoms with Crippen molar-refractivity contribution in [2.24, 2.45) is 11.8 Å². The molecule has 1 aromatic rings. The van der Waals surface area contributed by atoms with Gasteiger partial charge in [0.1, 0.15) is 11.6 Å². The fourth-order valence-electron chi connectivity index (χ4n) is 4.72. The molecular weight excluding hydrogens is 362 g/mol. The van der Waals surface area contributed by atoms with Crippen LogP contribution in [0.5, 0.6) is 0 Å². The molecule has 1 aromatic carbocycles. The number of amides is 2. The zero-order valence-electron chi connectivity index (χ0n) is 14.3. The number of rotatable bonds is 4. The fourth-order valence-corrected chi connectivity index (χ4v) is 4.88. The van der Waals surface area contributed by atoms with Crippen molar-refractivity contribution in [3.8, 4) is 0 Å². The molecule has 140 valence electrons. The van der Waals surface area contributed by atoms with E-state index in [2.05, 4.69) is 10.6 Å². The van der Waals surface area contributed by atoms with E-state index in [-0.39, 0.29) is 39.8 Å². The van der Waals surface area contributed by atoms with E-state index in [1.807, 2.05) is 0 Å². The second-order valence-corrected chi connectivity index (χ2v) is 8.31. The Morgan fingerprint density at radius 3 is 2.54 bits per heavy atom. The van der Waals surface area contributed by atoms with Crippen molar-refractivity contribution in [1.82, 2.24) is 10.6 Å². The lowest BCUT2D eigenvalue weighted by atomic mass is 9.62. The molecule has 1 heterocycles. The van der Waals surface area contributed by atoms with E-state index in [4.69, 9.17) is 11.6 Å². The molecule has 2 aliphatic carbocycles. The fraction of sp³-hybridized carbons (Fsp3) is 0.579. The van der Waals surface area contributed by atoms with Crippen LogP contribution in [0.15, 0.2) is 12.1 Å². The minimum absolute atomic E-state index is 0.00106. The quantitative estimate of drug-likeness (QED) is 0.617. The molecule has 2 saturated carbocycles. The van der Waals surface area contributed by atoms with Crippen molar-refractivity contribution < 1.29 is 18.4 Å². The van der Waals surface area contributed by atoms with Crippen LogP contribution in [0.2, 0.25) is 5.02 Å². The van der Waals surface area contributed by atoms with Gasteiger partial charge < -0.3 is 10.6 Å². The highest BCUT2D eigenvalue weighted by Gasteiger charge is 2.55. The molecule has 2 amide bonds. The van der Waals surface area contributed by atoms with Crippen LogP contribution in [0.1, 0.15) is 56.6 Å². The molecule has 26 heavy (non-hydrogen) atoms. The van der Waals surface area contributed by atoms with Gasteiger partial charge in [0.05, 0.1) is 16.6 Å². The Kier molecular flexibility index (Phi) is 4.41. The molecular formula is C19H21ClF2N2O2. The molecule has 1 saturated heterocycles. The average molecular weight is 383 g/mol. The van der Waals surface area contributed by atoms with Gasteiger partial charge in [0.25, 0.3) is 0 Å². The van der Waals surface area contributed by atoms with Crippen molar-refractivity contribution >= 4 is 23.4 Å². The third-order valence-electron chi connectivity index (χ3n) is 6.11. The lowest BCUT2D eigenvalue weighted by molar-refractivity contribution is -0.146. The van der Waals surface area contributed by atoms with Crippen molar-refractivity contribution in [2.75, 3.05) is 0 Å². The summed E-state index contributed by atoms with van der Waals surface area (Å²) < 4.78 is 29.0. The maximum atomic E-state index is 14.6. The van der Waals surface area contributed by atoms with Gasteiger partial charge in [-0.1, -0.05) is 24.4 Å². The molecule has 3 fully saturated rings. The minimum Gasteiger partial charge on any atom is -0.350 e. The van der Waals surface area contributed by atoms with Crippen LogP contribution < -0.4 is 10.6 Å². The van der Waals surface area contributed by atoms with E-state index in [0.29, 0.717) is 19.3 Å². The van der Waals surface area contributed by atoms with Crippen LogP contribution in [-0.4, -0.2) is 17.4 Å². The van der Waals surface area contributed by atoms with Crippen LogP contribution in [0.4, 0.5) is 8.78 Å². The van der Waals surface area contributed by atoms with Crippen LogP contribution in [0, 0.1) is 23.5 Å². The van der Waals surface area contributed by atoms with E-state index in [1.54, 1.807) is 0 Å². The van der Waals surface area contributed by atoms with Gasteiger partial charge in [-0.25, -0.2) is 8.78 Å². The van der Waals surface area contributed by atoms with Gasteiger partial charge in [-0.05, 0) is 43.7 Å². The zero-order chi connectivity index (χ0) is 18.5. The Labute approximate surface area is 155 Å². The SMILES string of the molecule is O=C1CC2(CC(C(=O)NC(c3c(F)ccc(Cl)c3F)C3CCCC3)C2)N1. The normalized spacial score (nSPS) is 29.0. The number of β-lactam (4-membered cyclic amide) rings is 1. The molecule has 0 radical (unpaired) electrons. The highest BCUT2D eigenvalue weighted by atomic mass is 35.5. The summed E-state index contributed by atoms with van der Waals surface area (Å²) in [6, 6.07) is 1.63. The van der Waals surface area contributed by atoms with Crippen LogP contribution in [0.3, 0.4) is 0 Å². The summed E-state index contributed by atoms with van der Waals surface area (Å²) in [6.07, 6.45) is 5.24. The van der Waals surface area contributed by atoms with Gasteiger partial charge in [-0.15, -0.1) is 0 Å². The maximum Gasteiger partial charge on any atom is 0.223 e. The first-order valence-corrected chi connectivity index (χ1v) is 9.51. The highest BCUT2D eigenvalue weighted by Crippen LogP contribution is 2.46. The summed E-state index contributed by atoms with van der Waals surface area (Å²) in [7, 11) is 0. The van der Waals surface area contributed by atoms with Crippen molar-refractivity contribution in [2.45, 2.75) is 56.5 Å². The molecule has 1 spiro atoms. The number of carbonyl (C=O) groups is 2. The monoisotopic (exact) mass is 382 g/mol. The highest BCUT2D eigenvalue weighted by molar-refractivity contribution is 6.30. The number of nitrogens with one attached hydrogen (secondary N) is 2.